The molecule has 0 bridgehead atoms. The van der Waals surface area contributed by atoms with Crippen LogP contribution in [0.15, 0.2) is 24.3 Å². The first-order valence-corrected chi connectivity index (χ1v) is 7.85. The van der Waals surface area contributed by atoms with Crippen LogP contribution in [0.1, 0.15) is 32.0 Å². The number of nitrogens with one attached hydrogen (secondary N) is 1. The van der Waals surface area contributed by atoms with Crippen molar-refractivity contribution >= 4 is 17.5 Å². The normalized spacial score (nSPS) is 14.8. The molecule has 22 heavy (non-hydrogen) atoms. The average molecular weight is 318 g/mol. The maximum absolute atomic E-state index is 12.5. The number of halogens is 1. The summed E-state index contributed by atoms with van der Waals surface area (Å²) < 4.78 is 0. The molecular weight excluding hydrogens is 298 g/mol. The Bertz CT molecular complexity index is 715. The van der Waals surface area contributed by atoms with E-state index in [0.29, 0.717) is 11.6 Å². The maximum Gasteiger partial charge on any atom is 0.228 e. The van der Waals surface area contributed by atoms with Crippen LogP contribution in [0, 0.1) is 5.41 Å². The predicted octanol–water partition coefficient (Wildman–Crippen LogP) is 3.66. The van der Waals surface area contributed by atoms with Gasteiger partial charge in [-0.05, 0) is 12.1 Å². The Morgan fingerprint density at radius 3 is 2.82 bits per heavy atom. The minimum atomic E-state index is -0.364. The summed E-state index contributed by atoms with van der Waals surface area (Å²) in [7, 11) is 0. The zero-order valence-corrected chi connectivity index (χ0v) is 13.9. The molecule has 1 amide bonds. The fourth-order valence-corrected chi connectivity index (χ4v) is 3.01. The van der Waals surface area contributed by atoms with Gasteiger partial charge in [0.05, 0.1) is 5.69 Å². The number of aromatic amines is 1. The Hall–Kier alpha value is -1.81. The quantitative estimate of drug-likeness (QED) is 0.872. The van der Waals surface area contributed by atoms with Gasteiger partial charge in [0.15, 0.2) is 0 Å². The van der Waals surface area contributed by atoms with Crippen molar-refractivity contribution < 1.29 is 4.79 Å². The number of carbonyl (C=O) groups excluding carboxylic acids is 1. The van der Waals surface area contributed by atoms with Crippen molar-refractivity contribution in [3.05, 3.63) is 40.5 Å². The van der Waals surface area contributed by atoms with Gasteiger partial charge in [-0.25, -0.2) is 0 Å². The molecule has 1 aromatic heterocycles. The van der Waals surface area contributed by atoms with Crippen LogP contribution in [0.25, 0.3) is 11.3 Å². The fourth-order valence-electron chi connectivity index (χ4n) is 2.82. The monoisotopic (exact) mass is 317 g/mol. The number of carbonyl (C=O) groups is 1. The molecule has 4 nitrogen and oxygen atoms in total. The molecule has 5 heteroatoms. The summed E-state index contributed by atoms with van der Waals surface area (Å²) in [5, 5.41) is 8.24. The van der Waals surface area contributed by atoms with Crippen molar-refractivity contribution in [3.63, 3.8) is 0 Å². The Labute approximate surface area is 135 Å². The molecule has 1 N–H and O–H groups in total. The molecule has 0 saturated heterocycles. The van der Waals surface area contributed by atoms with E-state index in [1.165, 1.54) is 0 Å². The second-order valence-electron chi connectivity index (χ2n) is 6.77. The number of hydrogen-bond donors (Lipinski definition) is 1. The lowest BCUT2D eigenvalue weighted by Crippen LogP contribution is -2.42. The number of amides is 1. The zero-order chi connectivity index (χ0) is 15.9. The highest BCUT2D eigenvalue weighted by Gasteiger charge is 2.31. The molecule has 1 aromatic carbocycles. The molecule has 0 fully saturated rings. The maximum atomic E-state index is 12.5. The first-order chi connectivity index (χ1) is 10.4. The standard InChI is InChI=1S/C17H20ClN3O/c1-17(2,3)16(22)21-8-7-14-13(10-21)15(20-19-14)11-5-4-6-12(18)9-11/h4-6,9H,7-8,10H2,1-3H3,(H,19,20). The van der Waals surface area contributed by atoms with Gasteiger partial charge in [-0.3, -0.25) is 9.89 Å². The summed E-state index contributed by atoms with van der Waals surface area (Å²) >= 11 is 6.08. The molecule has 0 saturated carbocycles. The van der Waals surface area contributed by atoms with Crippen LogP contribution in [-0.2, 0) is 17.8 Å². The number of nitrogens with zero attached hydrogens (tertiary/aromatic N) is 2. The number of benzene rings is 1. The average Bonchev–Trinajstić information content (AvgIpc) is 2.88. The first-order valence-electron chi connectivity index (χ1n) is 7.47. The molecule has 116 valence electrons. The van der Waals surface area contributed by atoms with Gasteiger partial charge in [0.2, 0.25) is 5.91 Å². The summed E-state index contributed by atoms with van der Waals surface area (Å²) in [6.45, 7) is 7.21. The third-order valence-corrected chi connectivity index (χ3v) is 4.20. The number of hydrogen-bond acceptors (Lipinski definition) is 2. The van der Waals surface area contributed by atoms with Gasteiger partial charge in [-0.15, -0.1) is 0 Å². The minimum absolute atomic E-state index is 0.177. The Morgan fingerprint density at radius 1 is 1.36 bits per heavy atom. The molecule has 1 aliphatic heterocycles. The van der Waals surface area contributed by atoms with E-state index >= 15 is 0 Å². The third kappa shape index (κ3) is 2.75. The van der Waals surface area contributed by atoms with Gasteiger partial charge in [-0.1, -0.05) is 44.5 Å². The fraction of sp³-hybridized carbons (Fsp3) is 0.412. The first kappa shape index (κ1) is 15.1. The van der Waals surface area contributed by atoms with E-state index in [0.717, 1.165) is 35.5 Å². The van der Waals surface area contributed by atoms with Crippen molar-refractivity contribution in [2.75, 3.05) is 6.54 Å². The van der Waals surface area contributed by atoms with E-state index in [-0.39, 0.29) is 11.3 Å². The molecule has 0 unspecified atom stereocenters. The molecule has 2 heterocycles. The van der Waals surface area contributed by atoms with Crippen molar-refractivity contribution in [2.45, 2.75) is 33.7 Å². The SMILES string of the molecule is CC(C)(C)C(=O)N1CCc2[nH]nc(-c3cccc(Cl)c3)c2C1. The summed E-state index contributed by atoms with van der Waals surface area (Å²) in [4.78, 5) is 14.4. The summed E-state index contributed by atoms with van der Waals surface area (Å²) in [5.41, 5.74) is 3.73. The van der Waals surface area contributed by atoms with E-state index in [1.54, 1.807) is 0 Å². The Balaban J connectivity index is 1.94. The third-order valence-electron chi connectivity index (χ3n) is 3.96. The summed E-state index contributed by atoms with van der Waals surface area (Å²) in [5.74, 6) is 0.177. The van der Waals surface area contributed by atoms with Crippen molar-refractivity contribution in [1.82, 2.24) is 15.1 Å². The lowest BCUT2D eigenvalue weighted by Gasteiger charge is -2.32. The molecular formula is C17H20ClN3O. The van der Waals surface area contributed by atoms with Gasteiger partial charge in [-0.2, -0.15) is 5.10 Å². The smallest absolute Gasteiger partial charge is 0.228 e. The highest BCUT2D eigenvalue weighted by molar-refractivity contribution is 6.30. The second-order valence-corrected chi connectivity index (χ2v) is 7.20. The number of rotatable bonds is 1. The highest BCUT2D eigenvalue weighted by atomic mass is 35.5. The topological polar surface area (TPSA) is 49.0 Å². The van der Waals surface area contributed by atoms with E-state index in [2.05, 4.69) is 10.2 Å². The number of H-pyrrole nitrogens is 1. The van der Waals surface area contributed by atoms with E-state index in [4.69, 9.17) is 11.6 Å². The van der Waals surface area contributed by atoms with Gasteiger partial charge >= 0.3 is 0 Å². The minimum Gasteiger partial charge on any atom is -0.337 e. The predicted molar refractivity (Wildman–Crippen MR) is 87.6 cm³/mol. The zero-order valence-electron chi connectivity index (χ0n) is 13.1. The van der Waals surface area contributed by atoms with Crippen LogP contribution in [0.2, 0.25) is 5.02 Å². The number of fused-ring (bicyclic) bond motifs is 1. The molecule has 1 aliphatic rings. The van der Waals surface area contributed by atoms with Crippen molar-refractivity contribution in [1.29, 1.82) is 0 Å². The second kappa shape index (κ2) is 5.43. The van der Waals surface area contributed by atoms with Gasteiger partial charge in [0.1, 0.15) is 0 Å². The van der Waals surface area contributed by atoms with Gasteiger partial charge in [0.25, 0.3) is 0 Å². The lowest BCUT2D eigenvalue weighted by atomic mass is 9.92. The molecule has 0 spiro atoms. The molecule has 0 radical (unpaired) electrons. The Kier molecular flexibility index (Phi) is 3.73. The summed E-state index contributed by atoms with van der Waals surface area (Å²) in [6, 6.07) is 7.66. The molecule has 3 rings (SSSR count). The molecule has 0 aliphatic carbocycles. The van der Waals surface area contributed by atoms with Crippen LogP contribution in [0.3, 0.4) is 0 Å². The van der Waals surface area contributed by atoms with Crippen LogP contribution in [-0.4, -0.2) is 27.5 Å². The van der Waals surface area contributed by atoms with Gasteiger partial charge < -0.3 is 4.90 Å². The molecule has 0 atom stereocenters. The van der Waals surface area contributed by atoms with Crippen LogP contribution < -0.4 is 0 Å². The van der Waals surface area contributed by atoms with Crippen LogP contribution in [0.4, 0.5) is 0 Å². The molecule has 2 aromatic rings. The highest BCUT2D eigenvalue weighted by Crippen LogP contribution is 2.31. The van der Waals surface area contributed by atoms with Crippen LogP contribution >= 0.6 is 11.6 Å². The summed E-state index contributed by atoms with van der Waals surface area (Å²) in [6.07, 6.45) is 0.810. The Morgan fingerprint density at radius 2 is 2.14 bits per heavy atom. The van der Waals surface area contributed by atoms with E-state index in [9.17, 15) is 4.79 Å². The largest absolute Gasteiger partial charge is 0.337 e. The lowest BCUT2D eigenvalue weighted by molar-refractivity contribution is -0.140. The van der Waals surface area contributed by atoms with Gasteiger partial charge in [0, 0.05) is 46.8 Å². The van der Waals surface area contributed by atoms with Crippen molar-refractivity contribution in [3.8, 4) is 11.3 Å². The van der Waals surface area contributed by atoms with E-state index in [1.807, 2.05) is 49.9 Å². The number of aromatic nitrogens is 2. The van der Waals surface area contributed by atoms with E-state index < -0.39 is 0 Å². The van der Waals surface area contributed by atoms with Crippen LogP contribution in [0.5, 0.6) is 0 Å². The van der Waals surface area contributed by atoms with Crippen molar-refractivity contribution in [2.24, 2.45) is 5.41 Å².